The summed E-state index contributed by atoms with van der Waals surface area (Å²) in [5.74, 6) is -3.13. The molecule has 5 rings (SSSR count). The number of benzene rings is 1. The number of halogens is 3. The summed E-state index contributed by atoms with van der Waals surface area (Å²) in [5.41, 5.74) is 6.54. The maximum Gasteiger partial charge on any atom is 0.261 e. The van der Waals surface area contributed by atoms with Gasteiger partial charge in [0.25, 0.3) is 5.92 Å². The van der Waals surface area contributed by atoms with Gasteiger partial charge in [0.05, 0.1) is 17.9 Å². The van der Waals surface area contributed by atoms with Gasteiger partial charge >= 0.3 is 0 Å². The molecule has 2 saturated heterocycles. The Hall–Kier alpha value is -3.89. The van der Waals surface area contributed by atoms with Crippen LogP contribution in [0.5, 0.6) is 0 Å². The van der Waals surface area contributed by atoms with Crippen molar-refractivity contribution in [1.29, 1.82) is 0 Å². The molecular weight excluding hydrogens is 539 g/mol. The maximum absolute atomic E-state index is 15.3. The zero-order chi connectivity index (χ0) is 30.0. The van der Waals surface area contributed by atoms with Gasteiger partial charge in [-0.15, -0.1) is 0 Å². The normalized spacial score (nSPS) is 18.8. The van der Waals surface area contributed by atoms with Gasteiger partial charge in [-0.05, 0) is 61.9 Å². The second kappa shape index (κ2) is 12.1. The van der Waals surface area contributed by atoms with Gasteiger partial charge in [0.1, 0.15) is 5.52 Å². The summed E-state index contributed by atoms with van der Waals surface area (Å²) in [6, 6.07) is 5.15. The standard InChI is InChI=1S/C32H38F3N7/c1-6-7-29(42-12-10-40(5)11-13-42)21(2)22(3)37-23(4)30-27-15-25(16-28(33)31(27)39-38-30)26-14-24(17-36-18-26)19-41-9-8-32(34,35)20-41/h6-7,14-18,37H,1,4,8-13,19-20H2,2-3,5H3,(H,38,39)/b22-21+,29-7+. The number of hydrogen-bond acceptors (Lipinski definition) is 6. The number of pyridine rings is 1. The fourth-order valence-electron chi connectivity index (χ4n) is 5.61. The third kappa shape index (κ3) is 6.44. The number of likely N-dealkylation sites (N-methyl/N-ethyl adjacent to an activating group) is 1. The first-order valence-electron chi connectivity index (χ1n) is 14.2. The van der Waals surface area contributed by atoms with Gasteiger partial charge in [-0.1, -0.05) is 19.2 Å². The molecule has 0 unspecified atom stereocenters. The summed E-state index contributed by atoms with van der Waals surface area (Å²) < 4.78 is 42.6. The van der Waals surface area contributed by atoms with Crippen molar-refractivity contribution in [3.63, 3.8) is 0 Å². The number of nitrogens with zero attached hydrogens (tertiary/aromatic N) is 5. The summed E-state index contributed by atoms with van der Waals surface area (Å²) in [6.45, 7) is 16.5. The molecule has 0 aliphatic carbocycles. The topological polar surface area (TPSA) is 63.3 Å². The van der Waals surface area contributed by atoms with Crippen molar-refractivity contribution >= 4 is 16.6 Å². The fourth-order valence-corrected chi connectivity index (χ4v) is 5.61. The van der Waals surface area contributed by atoms with E-state index >= 15 is 4.39 Å². The van der Waals surface area contributed by atoms with Crippen LogP contribution in [0.1, 0.15) is 31.5 Å². The number of aromatic amines is 1. The molecule has 2 N–H and O–H groups in total. The lowest BCUT2D eigenvalue weighted by atomic mass is 10.0. The van der Waals surface area contributed by atoms with Gasteiger partial charge in [0.15, 0.2) is 5.82 Å². The molecule has 0 atom stereocenters. The van der Waals surface area contributed by atoms with Crippen LogP contribution in [-0.2, 0) is 6.54 Å². The number of piperazine rings is 1. The van der Waals surface area contributed by atoms with E-state index in [2.05, 4.69) is 57.4 Å². The number of aromatic nitrogens is 3. The second-order valence-corrected chi connectivity index (χ2v) is 11.3. The van der Waals surface area contributed by atoms with E-state index in [0.717, 1.165) is 48.7 Å². The van der Waals surface area contributed by atoms with E-state index in [4.69, 9.17) is 0 Å². The third-order valence-corrected chi connectivity index (χ3v) is 8.10. The van der Waals surface area contributed by atoms with Gasteiger partial charge in [0, 0.05) is 80.4 Å². The molecule has 42 heavy (non-hydrogen) atoms. The van der Waals surface area contributed by atoms with Crippen LogP contribution in [0.4, 0.5) is 13.2 Å². The summed E-state index contributed by atoms with van der Waals surface area (Å²) in [6.07, 6.45) is 7.00. The van der Waals surface area contributed by atoms with E-state index in [-0.39, 0.29) is 18.5 Å². The molecule has 0 amide bonds. The van der Waals surface area contributed by atoms with Crippen molar-refractivity contribution in [2.45, 2.75) is 32.7 Å². The third-order valence-electron chi connectivity index (χ3n) is 8.10. The van der Waals surface area contributed by atoms with Gasteiger partial charge in [-0.3, -0.25) is 15.0 Å². The molecule has 10 heteroatoms. The predicted molar refractivity (Wildman–Crippen MR) is 162 cm³/mol. The van der Waals surface area contributed by atoms with Gasteiger partial charge in [-0.25, -0.2) is 13.2 Å². The molecule has 2 fully saturated rings. The van der Waals surface area contributed by atoms with E-state index in [9.17, 15) is 8.78 Å². The molecule has 1 aromatic carbocycles. The van der Waals surface area contributed by atoms with Crippen molar-refractivity contribution in [3.8, 4) is 11.1 Å². The zero-order valence-electron chi connectivity index (χ0n) is 24.5. The average Bonchev–Trinajstić information content (AvgIpc) is 3.54. The highest BCUT2D eigenvalue weighted by Crippen LogP contribution is 2.32. The first-order valence-corrected chi connectivity index (χ1v) is 14.2. The number of rotatable bonds is 9. The van der Waals surface area contributed by atoms with Crippen LogP contribution < -0.4 is 5.32 Å². The lowest BCUT2D eigenvalue weighted by Gasteiger charge is -2.36. The quantitative estimate of drug-likeness (QED) is 0.315. The summed E-state index contributed by atoms with van der Waals surface area (Å²) in [7, 11) is 2.13. The highest BCUT2D eigenvalue weighted by molar-refractivity contribution is 5.93. The van der Waals surface area contributed by atoms with E-state index < -0.39 is 11.7 Å². The van der Waals surface area contributed by atoms with Gasteiger partial charge < -0.3 is 15.1 Å². The molecule has 7 nitrogen and oxygen atoms in total. The number of likely N-dealkylation sites (tertiary alicyclic amines) is 1. The minimum absolute atomic E-state index is 0.140. The molecular formula is C32H38F3N7. The largest absolute Gasteiger partial charge is 0.369 e. The van der Waals surface area contributed by atoms with Gasteiger partial charge in [-0.2, -0.15) is 5.10 Å². The van der Waals surface area contributed by atoms with Crippen LogP contribution in [0, 0.1) is 5.82 Å². The van der Waals surface area contributed by atoms with Crippen LogP contribution in [0.2, 0.25) is 0 Å². The Morgan fingerprint density at radius 3 is 2.55 bits per heavy atom. The van der Waals surface area contributed by atoms with E-state index in [0.29, 0.717) is 41.0 Å². The Morgan fingerprint density at radius 2 is 1.86 bits per heavy atom. The van der Waals surface area contributed by atoms with Crippen LogP contribution in [-0.4, -0.2) is 82.1 Å². The van der Waals surface area contributed by atoms with Crippen molar-refractivity contribution < 1.29 is 13.2 Å². The molecule has 4 heterocycles. The van der Waals surface area contributed by atoms with E-state index in [1.54, 1.807) is 23.4 Å². The molecule has 2 aromatic heterocycles. The number of nitrogens with one attached hydrogen (secondary N) is 2. The number of fused-ring (bicyclic) bond motifs is 1. The lowest BCUT2D eigenvalue weighted by Crippen LogP contribution is -2.44. The fraction of sp³-hybridized carbons (Fsp3) is 0.375. The van der Waals surface area contributed by atoms with Crippen molar-refractivity contribution in [1.82, 2.24) is 35.2 Å². The average molecular weight is 578 g/mol. The Morgan fingerprint density at radius 1 is 1.10 bits per heavy atom. The summed E-state index contributed by atoms with van der Waals surface area (Å²) in [5, 5.41) is 11.2. The summed E-state index contributed by atoms with van der Waals surface area (Å²) in [4.78, 5) is 10.7. The van der Waals surface area contributed by atoms with Crippen molar-refractivity contribution in [2.24, 2.45) is 0 Å². The molecule has 3 aromatic rings. The molecule has 0 spiro atoms. The molecule has 2 aliphatic heterocycles. The number of allylic oxidation sites excluding steroid dienone is 4. The van der Waals surface area contributed by atoms with Crippen LogP contribution in [0.15, 0.2) is 72.9 Å². The number of alkyl halides is 2. The minimum atomic E-state index is -2.66. The smallest absolute Gasteiger partial charge is 0.261 e. The highest BCUT2D eigenvalue weighted by Gasteiger charge is 2.38. The van der Waals surface area contributed by atoms with Crippen molar-refractivity contribution in [2.75, 3.05) is 46.3 Å². The van der Waals surface area contributed by atoms with Gasteiger partial charge in [0.2, 0.25) is 0 Å². The Kier molecular flexibility index (Phi) is 8.56. The Bertz CT molecular complexity index is 1550. The van der Waals surface area contributed by atoms with Crippen molar-refractivity contribution in [3.05, 3.63) is 89.9 Å². The number of H-pyrrole nitrogens is 1. The highest BCUT2D eigenvalue weighted by atomic mass is 19.3. The van der Waals surface area contributed by atoms with Crippen LogP contribution in [0.3, 0.4) is 0 Å². The van der Waals surface area contributed by atoms with E-state index in [1.165, 1.54) is 6.07 Å². The molecule has 0 bridgehead atoms. The maximum atomic E-state index is 15.3. The second-order valence-electron chi connectivity index (χ2n) is 11.3. The predicted octanol–water partition coefficient (Wildman–Crippen LogP) is 5.78. The minimum Gasteiger partial charge on any atom is -0.369 e. The molecule has 222 valence electrons. The molecule has 2 aliphatic rings. The summed E-state index contributed by atoms with van der Waals surface area (Å²) >= 11 is 0. The number of hydrogen-bond donors (Lipinski definition) is 2. The lowest BCUT2D eigenvalue weighted by molar-refractivity contribution is 0.0115. The van der Waals surface area contributed by atoms with Crippen LogP contribution >= 0.6 is 0 Å². The molecule has 0 radical (unpaired) electrons. The zero-order valence-corrected chi connectivity index (χ0v) is 24.5. The van der Waals surface area contributed by atoms with E-state index in [1.807, 2.05) is 25.1 Å². The van der Waals surface area contributed by atoms with Crippen LogP contribution in [0.25, 0.3) is 27.7 Å². The Labute approximate surface area is 245 Å². The first-order chi connectivity index (χ1) is 20.0. The Balaban J connectivity index is 1.39. The first kappa shape index (κ1) is 29.6. The monoisotopic (exact) mass is 577 g/mol. The molecule has 0 saturated carbocycles. The SMILES string of the molecule is C=C/C=C(\C(C)=C(/C)NC(=C)c1[nH]nc2c(F)cc(-c3cncc(CN4CCC(F)(F)C4)c3)cc12)N1CCN(C)CC1.